The van der Waals surface area contributed by atoms with Crippen LogP contribution in [-0.2, 0) is 4.42 Å². The predicted octanol–water partition coefficient (Wildman–Crippen LogP) is 2.55. The second-order valence-corrected chi connectivity index (χ2v) is 4.01. The molecule has 3 heteroatoms. The van der Waals surface area contributed by atoms with Crippen molar-refractivity contribution in [3.05, 3.63) is 41.5 Å². The van der Waals surface area contributed by atoms with E-state index < -0.39 is 0 Å². The highest BCUT2D eigenvalue weighted by Crippen LogP contribution is 2.35. The van der Waals surface area contributed by atoms with E-state index in [1.807, 2.05) is 30.3 Å². The minimum absolute atomic E-state index is 0.0600. The quantitative estimate of drug-likeness (QED) is 0.388. The third-order valence-corrected chi connectivity index (χ3v) is 2.83. The first-order chi connectivity index (χ1) is 7.36. The number of aliphatic hydroxyl groups is 1. The molecule has 2 rings (SSSR count). The van der Waals surface area contributed by atoms with Gasteiger partial charge in [0.05, 0.1) is 12.2 Å². The first-order valence-corrected chi connectivity index (χ1v) is 5.93. The highest BCUT2D eigenvalue weighted by molar-refractivity contribution is 9.09. The Morgan fingerprint density at radius 1 is 1.47 bits per heavy atom. The Hall–Kier alpha value is -0.930. The first-order valence-electron chi connectivity index (χ1n) is 4.81. The number of hydrogen-bond donors (Lipinski definition) is 1. The molecule has 1 heterocycles. The molecule has 0 saturated heterocycles. The highest BCUT2D eigenvalue weighted by atomic mass is 79.9. The molecule has 1 aromatic rings. The SMILES string of the molecule is OC/C(=C\CBr)[C@H]1C=[O+]c2ccccc21. The van der Waals surface area contributed by atoms with Gasteiger partial charge >= 0.3 is 12.0 Å². The van der Waals surface area contributed by atoms with E-state index in [1.165, 1.54) is 0 Å². The van der Waals surface area contributed by atoms with Crippen LogP contribution < -0.4 is 0 Å². The molecule has 2 nitrogen and oxygen atoms in total. The van der Waals surface area contributed by atoms with Crippen LogP contribution in [0.3, 0.4) is 0 Å². The van der Waals surface area contributed by atoms with Crippen LogP contribution in [0.1, 0.15) is 11.5 Å². The molecule has 1 aliphatic heterocycles. The topological polar surface area (TPSA) is 31.5 Å². The van der Waals surface area contributed by atoms with Gasteiger partial charge in [0.2, 0.25) is 0 Å². The van der Waals surface area contributed by atoms with Crippen molar-refractivity contribution in [1.29, 1.82) is 0 Å². The summed E-state index contributed by atoms with van der Waals surface area (Å²) >= 11 is 3.34. The van der Waals surface area contributed by atoms with Crippen molar-refractivity contribution in [2.24, 2.45) is 0 Å². The Balaban J connectivity index is 2.34. The largest absolute Gasteiger partial charge is 0.392 e. The fourth-order valence-electron chi connectivity index (χ4n) is 1.74. The summed E-state index contributed by atoms with van der Waals surface area (Å²) in [7, 11) is 0. The molecule has 0 saturated carbocycles. The van der Waals surface area contributed by atoms with E-state index in [2.05, 4.69) is 15.9 Å². The number of carbonyl (C=O) groups excluding carboxylic acids is 1. The van der Waals surface area contributed by atoms with Gasteiger partial charge in [0.25, 0.3) is 0 Å². The molecule has 0 amide bonds. The second-order valence-electron chi connectivity index (χ2n) is 3.36. The van der Waals surface area contributed by atoms with Gasteiger partial charge in [0.1, 0.15) is 5.92 Å². The number of para-hydroxylation sites is 1. The first kappa shape index (κ1) is 10.6. The zero-order valence-electron chi connectivity index (χ0n) is 8.19. The minimum atomic E-state index is 0.0600. The average molecular weight is 268 g/mol. The minimum Gasteiger partial charge on any atom is -0.392 e. The van der Waals surface area contributed by atoms with Crippen molar-refractivity contribution in [2.75, 3.05) is 11.9 Å². The van der Waals surface area contributed by atoms with Crippen molar-refractivity contribution in [2.45, 2.75) is 5.92 Å². The zero-order chi connectivity index (χ0) is 10.7. The van der Waals surface area contributed by atoms with Crippen LogP contribution in [0.25, 0.3) is 0 Å². The summed E-state index contributed by atoms with van der Waals surface area (Å²) < 4.78 is 5.45. The number of hydrogen-bond acceptors (Lipinski definition) is 1. The Labute approximate surface area is 97.1 Å². The summed E-state index contributed by atoms with van der Waals surface area (Å²) in [5.74, 6) is 0.972. The molecule has 1 aromatic carbocycles. The molecule has 1 aliphatic rings. The number of allylic oxidation sites excluding steroid dienone is 1. The van der Waals surface area contributed by atoms with Gasteiger partial charge in [0.15, 0.2) is 0 Å². The molecule has 0 aromatic heterocycles. The Morgan fingerprint density at radius 2 is 2.27 bits per heavy atom. The van der Waals surface area contributed by atoms with Crippen LogP contribution in [0, 0.1) is 0 Å². The van der Waals surface area contributed by atoms with Crippen LogP contribution >= 0.6 is 15.9 Å². The van der Waals surface area contributed by atoms with Crippen LogP contribution in [-0.4, -0.2) is 23.3 Å². The van der Waals surface area contributed by atoms with Gasteiger partial charge in [-0.3, -0.25) is 0 Å². The number of halogens is 1. The molecule has 1 atom stereocenters. The standard InChI is InChI=1S/C12H12BrO2/c13-6-5-9(7-14)11-8-15-12-4-2-1-3-10(11)12/h1-5,8,11,14H,6-7H2/q+1/b9-5+/t11-/m1/s1. The Morgan fingerprint density at radius 3 is 3.00 bits per heavy atom. The van der Waals surface area contributed by atoms with Gasteiger partial charge in [-0.25, -0.2) is 4.42 Å². The van der Waals surface area contributed by atoms with Gasteiger partial charge < -0.3 is 5.11 Å². The van der Waals surface area contributed by atoms with Gasteiger partial charge in [-0.1, -0.05) is 34.1 Å². The third kappa shape index (κ3) is 2.03. The maximum atomic E-state index is 9.28. The molecule has 0 spiro atoms. The van der Waals surface area contributed by atoms with Gasteiger partial charge in [-0.2, -0.15) is 0 Å². The van der Waals surface area contributed by atoms with Crippen molar-refractivity contribution in [3.8, 4) is 5.75 Å². The molecular weight excluding hydrogens is 256 g/mol. The zero-order valence-corrected chi connectivity index (χ0v) is 9.78. The van der Waals surface area contributed by atoms with Crippen molar-refractivity contribution < 1.29 is 9.53 Å². The lowest BCUT2D eigenvalue weighted by atomic mass is 9.93. The third-order valence-electron chi connectivity index (χ3n) is 2.51. The lowest BCUT2D eigenvalue weighted by molar-refractivity contribution is -0.356. The van der Waals surface area contributed by atoms with Crippen LogP contribution in [0.4, 0.5) is 0 Å². The van der Waals surface area contributed by atoms with E-state index in [4.69, 9.17) is 4.42 Å². The maximum absolute atomic E-state index is 9.28. The molecular formula is C12H12BrO2+. The van der Waals surface area contributed by atoms with Crippen LogP contribution in [0.15, 0.2) is 35.9 Å². The van der Waals surface area contributed by atoms with E-state index in [1.54, 1.807) is 6.29 Å². The summed E-state index contributed by atoms with van der Waals surface area (Å²) in [6.45, 7) is 0.0600. The average Bonchev–Trinajstić information content (AvgIpc) is 2.70. The molecule has 0 radical (unpaired) electrons. The van der Waals surface area contributed by atoms with E-state index >= 15 is 0 Å². The lowest BCUT2D eigenvalue weighted by Crippen LogP contribution is -2.05. The van der Waals surface area contributed by atoms with E-state index in [-0.39, 0.29) is 12.5 Å². The van der Waals surface area contributed by atoms with E-state index in [0.717, 1.165) is 22.2 Å². The molecule has 0 fully saturated rings. The highest BCUT2D eigenvalue weighted by Gasteiger charge is 2.31. The Kier molecular flexibility index (Phi) is 3.34. The molecule has 0 unspecified atom stereocenters. The molecule has 1 N–H and O–H groups in total. The van der Waals surface area contributed by atoms with Gasteiger partial charge in [0, 0.05) is 11.4 Å². The molecule has 0 aliphatic carbocycles. The fourth-order valence-corrected chi connectivity index (χ4v) is 2.15. The molecule has 15 heavy (non-hydrogen) atoms. The fraction of sp³-hybridized carbons (Fsp3) is 0.250. The van der Waals surface area contributed by atoms with E-state index in [0.29, 0.717) is 0 Å². The second kappa shape index (κ2) is 4.73. The molecule has 0 bridgehead atoms. The maximum Gasteiger partial charge on any atom is 0.356 e. The number of alkyl halides is 1. The van der Waals surface area contributed by atoms with Crippen molar-refractivity contribution >= 4 is 22.2 Å². The monoisotopic (exact) mass is 267 g/mol. The van der Waals surface area contributed by atoms with Crippen LogP contribution in [0.5, 0.6) is 5.75 Å². The lowest BCUT2D eigenvalue weighted by Gasteiger charge is -2.05. The van der Waals surface area contributed by atoms with E-state index in [9.17, 15) is 5.11 Å². The summed E-state index contributed by atoms with van der Waals surface area (Å²) in [5.41, 5.74) is 2.09. The van der Waals surface area contributed by atoms with Crippen LogP contribution in [0.2, 0.25) is 0 Å². The number of benzene rings is 1. The van der Waals surface area contributed by atoms with Crippen molar-refractivity contribution in [3.63, 3.8) is 0 Å². The molecule has 78 valence electrons. The van der Waals surface area contributed by atoms with Gasteiger partial charge in [-0.15, -0.1) is 0 Å². The number of fused-ring (bicyclic) bond motifs is 1. The Bertz CT molecular complexity index is 410. The van der Waals surface area contributed by atoms with Crippen molar-refractivity contribution in [1.82, 2.24) is 0 Å². The number of aliphatic hydroxyl groups excluding tert-OH is 1. The number of rotatable bonds is 3. The predicted molar refractivity (Wildman–Crippen MR) is 63.7 cm³/mol. The normalized spacial score (nSPS) is 19.3. The summed E-state index contributed by atoms with van der Waals surface area (Å²) in [5, 5.41) is 10.0. The number of aldehydes is 1. The summed E-state index contributed by atoms with van der Waals surface area (Å²) in [6, 6.07) is 7.90. The summed E-state index contributed by atoms with van der Waals surface area (Å²) in [4.78, 5) is 0. The smallest absolute Gasteiger partial charge is 0.356 e. The summed E-state index contributed by atoms with van der Waals surface area (Å²) in [6.07, 6.45) is 3.75. The van der Waals surface area contributed by atoms with Gasteiger partial charge in [-0.05, 0) is 11.6 Å².